The van der Waals surface area contributed by atoms with Gasteiger partial charge in [-0.1, -0.05) is 61.7 Å². The molecule has 1 saturated carbocycles. The second-order valence-corrected chi connectivity index (χ2v) is 6.82. The van der Waals surface area contributed by atoms with Crippen LogP contribution < -0.4 is 15.8 Å². The summed E-state index contributed by atoms with van der Waals surface area (Å²) in [6.07, 6.45) is 4.84. The Bertz CT molecular complexity index is 677. The van der Waals surface area contributed by atoms with Gasteiger partial charge in [-0.25, -0.2) is 0 Å². The molecule has 3 N–H and O–H groups in total. The van der Waals surface area contributed by atoms with E-state index < -0.39 is 5.54 Å². The molecule has 0 saturated heterocycles. The fourth-order valence-corrected chi connectivity index (χ4v) is 3.20. The molecule has 2 aromatic carbocycles. The molecule has 3 rings (SSSR count). The maximum absolute atomic E-state index is 12.4. The Balaban J connectivity index is 1.48. The van der Waals surface area contributed by atoms with Gasteiger partial charge in [-0.2, -0.15) is 0 Å². The fourth-order valence-electron chi connectivity index (χ4n) is 3.20. The van der Waals surface area contributed by atoms with E-state index in [-0.39, 0.29) is 5.91 Å². The van der Waals surface area contributed by atoms with Crippen LogP contribution in [0.5, 0.6) is 5.75 Å². The quantitative estimate of drug-likeness (QED) is 0.847. The lowest BCUT2D eigenvalue weighted by Gasteiger charge is -2.31. The molecule has 1 fully saturated rings. The summed E-state index contributed by atoms with van der Waals surface area (Å²) in [5.74, 6) is 0.836. The lowest BCUT2D eigenvalue weighted by Crippen LogP contribution is -2.54. The van der Waals surface area contributed by atoms with Crippen LogP contribution in [-0.2, 0) is 17.9 Å². The number of nitrogens with two attached hydrogens (primary N) is 1. The Morgan fingerprint density at radius 1 is 0.960 bits per heavy atom. The third-order valence-electron chi connectivity index (χ3n) is 4.82. The molecule has 1 aliphatic rings. The number of hydrogen-bond donors (Lipinski definition) is 2. The molecular weight excluding hydrogens is 312 g/mol. The molecule has 1 amide bonds. The minimum atomic E-state index is -0.679. The minimum Gasteiger partial charge on any atom is -0.489 e. The zero-order chi connectivity index (χ0) is 17.5. The summed E-state index contributed by atoms with van der Waals surface area (Å²) in [7, 11) is 0. The van der Waals surface area contributed by atoms with Crippen molar-refractivity contribution < 1.29 is 9.53 Å². The van der Waals surface area contributed by atoms with Gasteiger partial charge in [-0.3, -0.25) is 4.79 Å². The zero-order valence-electron chi connectivity index (χ0n) is 14.5. The van der Waals surface area contributed by atoms with Crippen molar-refractivity contribution in [1.82, 2.24) is 5.32 Å². The van der Waals surface area contributed by atoms with Crippen molar-refractivity contribution in [3.63, 3.8) is 0 Å². The van der Waals surface area contributed by atoms with Gasteiger partial charge in [0.2, 0.25) is 5.91 Å². The highest BCUT2D eigenvalue weighted by molar-refractivity contribution is 5.86. The predicted molar refractivity (Wildman–Crippen MR) is 99.1 cm³/mol. The highest BCUT2D eigenvalue weighted by atomic mass is 16.5. The van der Waals surface area contributed by atoms with Gasteiger partial charge in [0.1, 0.15) is 12.4 Å². The third-order valence-corrected chi connectivity index (χ3v) is 4.82. The zero-order valence-corrected chi connectivity index (χ0v) is 14.5. The number of para-hydroxylation sites is 1. The standard InChI is InChI=1S/C21H26N2O2/c22-21(13-5-2-6-14-21)20(24)23-15-17-9-11-18(12-10-17)16-25-19-7-3-1-4-8-19/h1,3-4,7-12H,2,5-6,13-16,22H2,(H,23,24). The maximum Gasteiger partial charge on any atom is 0.240 e. The van der Waals surface area contributed by atoms with Gasteiger partial charge < -0.3 is 15.8 Å². The van der Waals surface area contributed by atoms with Crippen LogP contribution in [0.25, 0.3) is 0 Å². The van der Waals surface area contributed by atoms with Crippen molar-refractivity contribution in [2.45, 2.75) is 50.8 Å². The Labute approximate surface area is 149 Å². The van der Waals surface area contributed by atoms with Crippen molar-refractivity contribution in [1.29, 1.82) is 0 Å². The molecule has 1 aliphatic carbocycles. The first-order valence-corrected chi connectivity index (χ1v) is 8.99. The molecule has 0 atom stereocenters. The van der Waals surface area contributed by atoms with Crippen LogP contribution in [0, 0.1) is 0 Å². The number of carbonyl (C=O) groups is 1. The van der Waals surface area contributed by atoms with Crippen LogP contribution in [-0.4, -0.2) is 11.4 Å². The Hall–Kier alpha value is -2.33. The molecule has 2 aromatic rings. The first-order chi connectivity index (χ1) is 12.2. The van der Waals surface area contributed by atoms with Gasteiger partial charge in [-0.15, -0.1) is 0 Å². The fraction of sp³-hybridized carbons (Fsp3) is 0.381. The summed E-state index contributed by atoms with van der Waals surface area (Å²) in [6.45, 7) is 1.04. The number of rotatable bonds is 6. The average molecular weight is 338 g/mol. The van der Waals surface area contributed by atoms with E-state index in [4.69, 9.17) is 10.5 Å². The normalized spacial score (nSPS) is 16.2. The molecule has 0 unspecified atom stereocenters. The molecule has 0 spiro atoms. The predicted octanol–water partition coefficient (Wildman–Crippen LogP) is 3.54. The lowest BCUT2D eigenvalue weighted by molar-refractivity contribution is -0.127. The van der Waals surface area contributed by atoms with Crippen molar-refractivity contribution in [2.75, 3.05) is 0 Å². The molecule has 4 heteroatoms. The van der Waals surface area contributed by atoms with Gasteiger partial charge in [-0.05, 0) is 36.1 Å². The molecule has 0 bridgehead atoms. The van der Waals surface area contributed by atoms with Crippen LogP contribution in [0.2, 0.25) is 0 Å². The monoisotopic (exact) mass is 338 g/mol. The maximum atomic E-state index is 12.4. The van der Waals surface area contributed by atoms with Crippen LogP contribution in [0.15, 0.2) is 54.6 Å². The summed E-state index contributed by atoms with van der Waals surface area (Å²) in [6, 6.07) is 17.9. The van der Waals surface area contributed by atoms with E-state index in [1.807, 2.05) is 54.6 Å². The smallest absolute Gasteiger partial charge is 0.240 e. The highest BCUT2D eigenvalue weighted by Gasteiger charge is 2.34. The molecule has 0 aliphatic heterocycles. The highest BCUT2D eigenvalue weighted by Crippen LogP contribution is 2.26. The van der Waals surface area contributed by atoms with E-state index >= 15 is 0 Å². The van der Waals surface area contributed by atoms with Crippen molar-refractivity contribution in [3.8, 4) is 5.75 Å². The second kappa shape index (κ2) is 8.17. The topological polar surface area (TPSA) is 64.4 Å². The lowest BCUT2D eigenvalue weighted by atomic mass is 9.82. The van der Waals surface area contributed by atoms with E-state index in [0.717, 1.165) is 42.6 Å². The molecule has 0 aromatic heterocycles. The van der Waals surface area contributed by atoms with E-state index in [0.29, 0.717) is 13.2 Å². The molecule has 0 heterocycles. The van der Waals surface area contributed by atoms with E-state index in [9.17, 15) is 4.79 Å². The van der Waals surface area contributed by atoms with Crippen LogP contribution in [0.1, 0.15) is 43.2 Å². The molecule has 0 radical (unpaired) electrons. The number of carbonyl (C=O) groups excluding carboxylic acids is 1. The van der Waals surface area contributed by atoms with E-state index in [2.05, 4.69) is 5.32 Å². The second-order valence-electron chi connectivity index (χ2n) is 6.82. The molecular formula is C21H26N2O2. The van der Waals surface area contributed by atoms with Crippen LogP contribution in [0.3, 0.4) is 0 Å². The largest absolute Gasteiger partial charge is 0.489 e. The van der Waals surface area contributed by atoms with Gasteiger partial charge >= 0.3 is 0 Å². The Morgan fingerprint density at radius 3 is 2.28 bits per heavy atom. The first-order valence-electron chi connectivity index (χ1n) is 8.99. The third kappa shape index (κ3) is 4.83. The first kappa shape index (κ1) is 17.5. The van der Waals surface area contributed by atoms with Gasteiger partial charge in [0, 0.05) is 6.54 Å². The van der Waals surface area contributed by atoms with Crippen LogP contribution >= 0.6 is 0 Å². The minimum absolute atomic E-state index is 0.0244. The van der Waals surface area contributed by atoms with Crippen molar-refractivity contribution in [3.05, 3.63) is 65.7 Å². The number of ether oxygens (including phenoxy) is 1. The summed E-state index contributed by atoms with van der Waals surface area (Å²) < 4.78 is 5.74. The number of nitrogens with one attached hydrogen (secondary N) is 1. The summed E-state index contributed by atoms with van der Waals surface area (Å²) in [5.41, 5.74) is 7.74. The Morgan fingerprint density at radius 2 is 1.60 bits per heavy atom. The van der Waals surface area contributed by atoms with Gasteiger partial charge in [0.25, 0.3) is 0 Å². The van der Waals surface area contributed by atoms with Gasteiger partial charge in [0.15, 0.2) is 0 Å². The van der Waals surface area contributed by atoms with Gasteiger partial charge in [0.05, 0.1) is 5.54 Å². The van der Waals surface area contributed by atoms with Crippen molar-refractivity contribution in [2.24, 2.45) is 5.73 Å². The molecule has 132 valence electrons. The number of amides is 1. The summed E-state index contributed by atoms with van der Waals surface area (Å²) >= 11 is 0. The Kier molecular flexibility index (Phi) is 5.71. The summed E-state index contributed by atoms with van der Waals surface area (Å²) in [5, 5.41) is 2.99. The number of hydrogen-bond acceptors (Lipinski definition) is 3. The number of benzene rings is 2. The van der Waals surface area contributed by atoms with E-state index in [1.165, 1.54) is 6.42 Å². The SMILES string of the molecule is NC1(C(=O)NCc2ccc(COc3ccccc3)cc2)CCCCC1. The van der Waals surface area contributed by atoms with Crippen molar-refractivity contribution >= 4 is 5.91 Å². The molecule has 4 nitrogen and oxygen atoms in total. The van der Waals surface area contributed by atoms with Crippen LogP contribution in [0.4, 0.5) is 0 Å². The van der Waals surface area contributed by atoms with E-state index in [1.54, 1.807) is 0 Å². The average Bonchev–Trinajstić information content (AvgIpc) is 2.66. The summed E-state index contributed by atoms with van der Waals surface area (Å²) in [4.78, 5) is 12.4. The molecule has 25 heavy (non-hydrogen) atoms.